The summed E-state index contributed by atoms with van der Waals surface area (Å²) in [6.45, 7) is 0. The molecule has 0 unspecified atom stereocenters. The smallest absolute Gasteiger partial charge is 0.339 e. The Hall–Kier alpha value is -2.56. The van der Waals surface area contributed by atoms with Gasteiger partial charge in [-0.05, 0) is 29.5 Å². The molecule has 1 heterocycles. The molecule has 0 bridgehead atoms. The van der Waals surface area contributed by atoms with Crippen molar-refractivity contribution in [3.8, 4) is 5.75 Å². The first kappa shape index (κ1) is 10.6. The number of rotatable bonds is 2. The number of hydrogen-bond acceptors (Lipinski definition) is 5. The SMILES string of the molecule is O=C(Oc1ccccc1)C1=CC=C2N=NN=C2C1. The van der Waals surface area contributed by atoms with Crippen LogP contribution >= 0.6 is 0 Å². The van der Waals surface area contributed by atoms with Gasteiger partial charge in [0.2, 0.25) is 0 Å². The molecule has 0 atom stereocenters. The lowest BCUT2D eigenvalue weighted by Gasteiger charge is -2.10. The molecule has 0 fully saturated rings. The summed E-state index contributed by atoms with van der Waals surface area (Å²) in [6.07, 6.45) is 3.83. The van der Waals surface area contributed by atoms with E-state index < -0.39 is 0 Å². The summed E-state index contributed by atoms with van der Waals surface area (Å²) in [5.41, 5.74) is 1.97. The molecule has 5 heteroatoms. The lowest BCUT2D eigenvalue weighted by atomic mass is 10.0. The second-order valence-corrected chi connectivity index (χ2v) is 3.86. The number of fused-ring (bicyclic) bond motifs is 1. The van der Waals surface area contributed by atoms with Gasteiger partial charge in [0.15, 0.2) is 0 Å². The minimum Gasteiger partial charge on any atom is -0.423 e. The molecular weight excluding hydrogens is 230 g/mol. The molecule has 1 aliphatic carbocycles. The van der Waals surface area contributed by atoms with E-state index in [1.54, 1.807) is 24.3 Å². The van der Waals surface area contributed by atoms with Crippen LogP contribution in [0.2, 0.25) is 0 Å². The van der Waals surface area contributed by atoms with Crippen LogP contribution < -0.4 is 4.74 Å². The highest BCUT2D eigenvalue weighted by Gasteiger charge is 2.22. The molecule has 88 valence electrons. The standard InChI is InChI=1S/C13H9N3O2/c17-13(18-10-4-2-1-3-5-10)9-6-7-11-12(8-9)15-16-14-11/h1-7H,8H2. The molecule has 0 saturated heterocycles. The van der Waals surface area contributed by atoms with Gasteiger partial charge in [-0.3, -0.25) is 0 Å². The molecule has 0 aromatic heterocycles. The van der Waals surface area contributed by atoms with Crippen LogP contribution in [-0.2, 0) is 4.79 Å². The number of benzene rings is 1. The van der Waals surface area contributed by atoms with Crippen molar-refractivity contribution in [1.82, 2.24) is 0 Å². The number of carbonyl (C=O) groups is 1. The molecule has 0 radical (unpaired) electrons. The second-order valence-electron chi connectivity index (χ2n) is 3.86. The normalized spacial score (nSPS) is 16.6. The summed E-state index contributed by atoms with van der Waals surface area (Å²) >= 11 is 0. The van der Waals surface area contributed by atoms with E-state index in [1.807, 2.05) is 18.2 Å². The predicted octanol–water partition coefficient (Wildman–Crippen LogP) is 2.63. The monoisotopic (exact) mass is 239 g/mol. The Morgan fingerprint density at radius 3 is 2.83 bits per heavy atom. The number of carbonyl (C=O) groups excluding carboxylic acids is 1. The Bertz CT molecular complexity index is 612. The van der Waals surface area contributed by atoms with Crippen LogP contribution in [0.3, 0.4) is 0 Å². The van der Waals surface area contributed by atoms with E-state index in [1.165, 1.54) is 0 Å². The number of allylic oxidation sites excluding steroid dienone is 3. The lowest BCUT2D eigenvalue weighted by Crippen LogP contribution is -2.16. The van der Waals surface area contributed by atoms with Crippen LogP contribution in [-0.4, -0.2) is 11.7 Å². The van der Waals surface area contributed by atoms with Gasteiger partial charge in [0.05, 0.1) is 5.71 Å². The zero-order chi connectivity index (χ0) is 12.4. The van der Waals surface area contributed by atoms with E-state index in [0.717, 1.165) is 0 Å². The summed E-state index contributed by atoms with van der Waals surface area (Å²) in [5, 5.41) is 11.2. The number of hydrogen-bond donors (Lipinski definition) is 0. The third kappa shape index (κ3) is 1.98. The van der Waals surface area contributed by atoms with Gasteiger partial charge in [0.1, 0.15) is 11.4 Å². The molecule has 2 aliphatic rings. The maximum absolute atomic E-state index is 11.9. The van der Waals surface area contributed by atoms with Gasteiger partial charge in [-0.15, -0.1) is 10.2 Å². The zero-order valence-electron chi connectivity index (χ0n) is 9.41. The van der Waals surface area contributed by atoms with E-state index in [0.29, 0.717) is 29.2 Å². The van der Waals surface area contributed by atoms with Gasteiger partial charge >= 0.3 is 5.97 Å². The second kappa shape index (κ2) is 4.37. The van der Waals surface area contributed by atoms with Crippen molar-refractivity contribution in [1.29, 1.82) is 0 Å². The molecular formula is C13H9N3O2. The minimum absolute atomic E-state index is 0.369. The van der Waals surface area contributed by atoms with Crippen LogP contribution in [0.25, 0.3) is 0 Å². The number of esters is 1. The number of ether oxygens (including phenoxy) is 1. The minimum atomic E-state index is -0.369. The van der Waals surface area contributed by atoms with Crippen LogP contribution in [0, 0.1) is 0 Å². The summed E-state index contributed by atoms with van der Waals surface area (Å²) < 4.78 is 5.25. The van der Waals surface area contributed by atoms with Crippen molar-refractivity contribution in [2.75, 3.05) is 0 Å². The molecule has 3 rings (SSSR count). The molecule has 0 N–H and O–H groups in total. The highest BCUT2D eigenvalue weighted by atomic mass is 16.5. The molecule has 0 spiro atoms. The highest BCUT2D eigenvalue weighted by Crippen LogP contribution is 2.23. The van der Waals surface area contributed by atoms with Crippen LogP contribution in [0.4, 0.5) is 0 Å². The van der Waals surface area contributed by atoms with Gasteiger partial charge in [-0.25, -0.2) is 4.79 Å². The molecule has 5 nitrogen and oxygen atoms in total. The largest absolute Gasteiger partial charge is 0.423 e. The fourth-order valence-corrected chi connectivity index (χ4v) is 1.71. The molecule has 0 saturated carbocycles. The van der Waals surface area contributed by atoms with Crippen LogP contribution in [0.1, 0.15) is 6.42 Å². The summed E-state index contributed by atoms with van der Waals surface area (Å²) in [5.74, 6) is 0.159. The van der Waals surface area contributed by atoms with E-state index in [2.05, 4.69) is 15.4 Å². The van der Waals surface area contributed by atoms with Crippen molar-refractivity contribution in [2.24, 2.45) is 15.4 Å². The van der Waals surface area contributed by atoms with E-state index in [9.17, 15) is 4.79 Å². The van der Waals surface area contributed by atoms with E-state index >= 15 is 0 Å². The lowest BCUT2D eigenvalue weighted by molar-refractivity contribution is -0.130. The van der Waals surface area contributed by atoms with Gasteiger partial charge in [-0.2, -0.15) is 0 Å². The third-order valence-corrected chi connectivity index (χ3v) is 2.63. The molecule has 0 amide bonds. The molecule has 1 aromatic carbocycles. The van der Waals surface area contributed by atoms with Crippen LogP contribution in [0.15, 0.2) is 69.2 Å². The predicted molar refractivity (Wildman–Crippen MR) is 65.2 cm³/mol. The van der Waals surface area contributed by atoms with Crippen molar-refractivity contribution in [3.63, 3.8) is 0 Å². The molecule has 1 aromatic rings. The molecule has 18 heavy (non-hydrogen) atoms. The first-order valence-corrected chi connectivity index (χ1v) is 5.49. The Labute approximate surface area is 103 Å². The van der Waals surface area contributed by atoms with Gasteiger partial charge in [-0.1, -0.05) is 18.2 Å². The quantitative estimate of drug-likeness (QED) is 0.588. The maximum Gasteiger partial charge on any atom is 0.339 e. The van der Waals surface area contributed by atoms with Crippen molar-refractivity contribution < 1.29 is 9.53 Å². The Morgan fingerprint density at radius 2 is 2.00 bits per heavy atom. The summed E-state index contributed by atoms with van der Waals surface area (Å²) in [6, 6.07) is 8.96. The maximum atomic E-state index is 11.9. The fraction of sp³-hybridized carbons (Fsp3) is 0.0769. The van der Waals surface area contributed by atoms with Gasteiger partial charge in [0, 0.05) is 12.0 Å². The van der Waals surface area contributed by atoms with Crippen molar-refractivity contribution in [2.45, 2.75) is 6.42 Å². The first-order valence-electron chi connectivity index (χ1n) is 5.49. The van der Waals surface area contributed by atoms with Crippen LogP contribution in [0.5, 0.6) is 5.75 Å². The fourth-order valence-electron chi connectivity index (χ4n) is 1.71. The number of para-hydroxylation sites is 1. The topological polar surface area (TPSA) is 63.4 Å². The summed E-state index contributed by atoms with van der Waals surface area (Å²) in [7, 11) is 0. The average molecular weight is 239 g/mol. The number of nitrogens with zero attached hydrogens (tertiary/aromatic N) is 3. The summed E-state index contributed by atoms with van der Waals surface area (Å²) in [4.78, 5) is 11.9. The Balaban J connectivity index is 1.75. The van der Waals surface area contributed by atoms with Gasteiger partial charge in [0.25, 0.3) is 0 Å². The first-order chi connectivity index (χ1) is 8.83. The van der Waals surface area contributed by atoms with E-state index in [4.69, 9.17) is 4.74 Å². The highest BCUT2D eigenvalue weighted by molar-refractivity contribution is 6.08. The van der Waals surface area contributed by atoms with Crippen molar-refractivity contribution in [3.05, 3.63) is 53.8 Å². The van der Waals surface area contributed by atoms with Crippen molar-refractivity contribution >= 4 is 11.7 Å². The molecule has 1 aliphatic heterocycles. The third-order valence-electron chi connectivity index (χ3n) is 2.63. The van der Waals surface area contributed by atoms with E-state index in [-0.39, 0.29) is 5.97 Å². The Morgan fingerprint density at radius 1 is 1.17 bits per heavy atom. The zero-order valence-corrected chi connectivity index (χ0v) is 9.41. The Kier molecular flexibility index (Phi) is 2.57. The van der Waals surface area contributed by atoms with Gasteiger partial charge < -0.3 is 4.74 Å². The average Bonchev–Trinajstić information content (AvgIpc) is 2.87.